The molecule has 0 bridgehead atoms. The Labute approximate surface area is 74.3 Å². The molecule has 6 heteroatoms. The number of nitrogens with one attached hydrogen (secondary N) is 2. The Morgan fingerprint density at radius 1 is 1.62 bits per heavy atom. The van der Waals surface area contributed by atoms with Gasteiger partial charge < -0.3 is 15.2 Å². The first-order valence-corrected chi connectivity index (χ1v) is 3.63. The number of nitrogens with zero attached hydrogens (tertiary/aromatic N) is 1. The van der Waals surface area contributed by atoms with E-state index in [-0.39, 0.29) is 18.2 Å². The second kappa shape index (κ2) is 4.24. The summed E-state index contributed by atoms with van der Waals surface area (Å²) in [7, 11) is 1.49. The Kier molecular flexibility index (Phi) is 3.02. The van der Waals surface area contributed by atoms with Crippen LogP contribution in [0, 0.1) is 0 Å². The number of rotatable bonds is 3. The van der Waals surface area contributed by atoms with E-state index < -0.39 is 5.91 Å². The fraction of sp³-hybridized carbons (Fsp3) is 0.286. The van der Waals surface area contributed by atoms with Gasteiger partial charge in [0.2, 0.25) is 11.7 Å². The predicted octanol–water partition coefficient (Wildman–Crippen LogP) is -0.850. The summed E-state index contributed by atoms with van der Waals surface area (Å²) in [5, 5.41) is 8.07. The molecule has 0 unspecified atom stereocenters. The van der Waals surface area contributed by atoms with Gasteiger partial charge in [-0.15, -0.1) is 0 Å². The molecule has 0 aromatic carbocycles. The van der Waals surface area contributed by atoms with Crippen LogP contribution in [-0.2, 0) is 4.79 Å². The van der Waals surface area contributed by atoms with Gasteiger partial charge in [-0.2, -0.15) is 0 Å². The van der Waals surface area contributed by atoms with Crippen molar-refractivity contribution in [1.82, 2.24) is 15.8 Å². The summed E-state index contributed by atoms with van der Waals surface area (Å²) < 4.78 is 4.57. The summed E-state index contributed by atoms with van der Waals surface area (Å²) in [6.07, 6.45) is 1.36. The molecule has 0 aliphatic heterocycles. The maximum absolute atomic E-state index is 11.1. The quantitative estimate of drug-likeness (QED) is 0.639. The molecule has 2 amide bonds. The molecule has 0 aliphatic carbocycles. The Morgan fingerprint density at radius 2 is 2.38 bits per heavy atom. The summed E-state index contributed by atoms with van der Waals surface area (Å²) in [4.78, 5) is 21.8. The molecule has 0 saturated heterocycles. The van der Waals surface area contributed by atoms with Crippen LogP contribution in [0.2, 0.25) is 0 Å². The monoisotopic (exact) mass is 183 g/mol. The van der Waals surface area contributed by atoms with Gasteiger partial charge in [0.05, 0.1) is 12.7 Å². The van der Waals surface area contributed by atoms with Gasteiger partial charge in [0, 0.05) is 13.1 Å². The lowest BCUT2D eigenvalue weighted by Gasteiger charge is -2.00. The van der Waals surface area contributed by atoms with E-state index in [2.05, 4.69) is 20.3 Å². The van der Waals surface area contributed by atoms with Crippen molar-refractivity contribution < 1.29 is 14.1 Å². The third-order valence-corrected chi connectivity index (χ3v) is 1.35. The maximum atomic E-state index is 11.1. The molecule has 0 radical (unpaired) electrons. The minimum atomic E-state index is -0.457. The van der Waals surface area contributed by atoms with Crippen molar-refractivity contribution in [3.63, 3.8) is 0 Å². The van der Waals surface area contributed by atoms with Crippen LogP contribution >= 0.6 is 0 Å². The van der Waals surface area contributed by atoms with E-state index in [4.69, 9.17) is 0 Å². The minimum Gasteiger partial charge on any atom is -0.358 e. The molecule has 6 nitrogen and oxygen atoms in total. The molecule has 1 rings (SSSR count). The summed E-state index contributed by atoms with van der Waals surface area (Å²) >= 11 is 0. The van der Waals surface area contributed by atoms with Crippen LogP contribution < -0.4 is 10.6 Å². The molecule has 1 aromatic heterocycles. The highest BCUT2D eigenvalue weighted by atomic mass is 16.5. The van der Waals surface area contributed by atoms with Gasteiger partial charge >= 0.3 is 0 Å². The van der Waals surface area contributed by atoms with Gasteiger partial charge in [-0.1, -0.05) is 5.16 Å². The third-order valence-electron chi connectivity index (χ3n) is 1.35. The number of likely N-dealkylation sites (N-methyl/N-ethyl adjacent to an activating group) is 1. The lowest BCUT2D eigenvalue weighted by molar-refractivity contribution is -0.119. The zero-order valence-electron chi connectivity index (χ0n) is 7.03. The van der Waals surface area contributed by atoms with Crippen LogP contribution in [0.25, 0.3) is 0 Å². The van der Waals surface area contributed by atoms with Gasteiger partial charge in [-0.3, -0.25) is 9.59 Å². The van der Waals surface area contributed by atoms with Gasteiger partial charge in [0.15, 0.2) is 0 Å². The number of carbonyl (C=O) groups is 2. The summed E-state index contributed by atoms with van der Waals surface area (Å²) in [6.45, 7) is -0.0734. The van der Waals surface area contributed by atoms with Crippen molar-refractivity contribution in [1.29, 1.82) is 0 Å². The van der Waals surface area contributed by atoms with Crippen LogP contribution in [-0.4, -0.2) is 30.6 Å². The topological polar surface area (TPSA) is 84.2 Å². The molecule has 2 N–H and O–H groups in total. The Hall–Kier alpha value is -1.85. The highest BCUT2D eigenvalue weighted by Crippen LogP contribution is 1.94. The molecular weight excluding hydrogens is 174 g/mol. The van der Waals surface area contributed by atoms with Gasteiger partial charge in [-0.25, -0.2) is 0 Å². The van der Waals surface area contributed by atoms with Crippen molar-refractivity contribution in [2.75, 3.05) is 13.6 Å². The van der Waals surface area contributed by atoms with E-state index in [1.165, 1.54) is 19.3 Å². The fourth-order valence-corrected chi connectivity index (χ4v) is 0.669. The smallest absolute Gasteiger partial charge is 0.290 e. The first-order valence-electron chi connectivity index (χ1n) is 3.63. The number of carbonyl (C=O) groups excluding carboxylic acids is 2. The molecule has 1 heterocycles. The number of aromatic nitrogens is 1. The van der Waals surface area contributed by atoms with E-state index in [1.807, 2.05) is 0 Å². The molecule has 0 spiro atoms. The van der Waals surface area contributed by atoms with Crippen LogP contribution in [0.15, 0.2) is 16.8 Å². The van der Waals surface area contributed by atoms with Crippen LogP contribution in [0.4, 0.5) is 0 Å². The largest absolute Gasteiger partial charge is 0.358 e. The highest BCUT2D eigenvalue weighted by molar-refractivity contribution is 5.93. The molecule has 0 saturated carbocycles. The van der Waals surface area contributed by atoms with Crippen LogP contribution in [0.3, 0.4) is 0 Å². The van der Waals surface area contributed by atoms with Crippen LogP contribution in [0.5, 0.6) is 0 Å². The van der Waals surface area contributed by atoms with Crippen LogP contribution in [0.1, 0.15) is 10.6 Å². The van der Waals surface area contributed by atoms with Crippen molar-refractivity contribution in [2.24, 2.45) is 0 Å². The second-order valence-corrected chi connectivity index (χ2v) is 2.23. The zero-order valence-corrected chi connectivity index (χ0v) is 7.03. The first-order chi connectivity index (χ1) is 6.24. The summed E-state index contributed by atoms with van der Waals surface area (Å²) in [5.41, 5.74) is 0. The van der Waals surface area contributed by atoms with Gasteiger partial charge in [0.1, 0.15) is 0 Å². The van der Waals surface area contributed by atoms with E-state index in [0.29, 0.717) is 0 Å². The highest BCUT2D eigenvalue weighted by Gasteiger charge is 2.09. The van der Waals surface area contributed by atoms with E-state index in [9.17, 15) is 9.59 Å². The number of hydrogen-bond donors (Lipinski definition) is 2. The van der Waals surface area contributed by atoms with E-state index in [1.54, 1.807) is 0 Å². The lowest BCUT2D eigenvalue weighted by Crippen LogP contribution is -2.34. The fourth-order valence-electron chi connectivity index (χ4n) is 0.669. The SMILES string of the molecule is CNC(=O)CNC(=O)c1ccno1. The molecular formula is C7H9N3O3. The minimum absolute atomic E-state index is 0.0734. The van der Waals surface area contributed by atoms with E-state index >= 15 is 0 Å². The molecule has 0 aliphatic rings. The number of amides is 2. The number of hydrogen-bond acceptors (Lipinski definition) is 4. The molecule has 0 fully saturated rings. The molecule has 0 atom stereocenters. The third kappa shape index (κ3) is 2.58. The van der Waals surface area contributed by atoms with Crippen molar-refractivity contribution >= 4 is 11.8 Å². The zero-order chi connectivity index (χ0) is 9.68. The second-order valence-electron chi connectivity index (χ2n) is 2.23. The van der Waals surface area contributed by atoms with E-state index in [0.717, 1.165) is 0 Å². The van der Waals surface area contributed by atoms with Crippen molar-refractivity contribution in [3.05, 3.63) is 18.0 Å². The average Bonchev–Trinajstić information content (AvgIpc) is 2.66. The van der Waals surface area contributed by atoms with Crippen molar-refractivity contribution in [2.45, 2.75) is 0 Å². The predicted molar refractivity (Wildman–Crippen MR) is 42.9 cm³/mol. The molecule has 13 heavy (non-hydrogen) atoms. The summed E-state index contributed by atoms with van der Waals surface area (Å²) in [5.74, 6) is -0.641. The Morgan fingerprint density at radius 3 is 2.92 bits per heavy atom. The first kappa shape index (κ1) is 9.24. The average molecular weight is 183 g/mol. The summed E-state index contributed by atoms with van der Waals surface area (Å²) in [6, 6.07) is 1.42. The normalized spacial score (nSPS) is 9.31. The van der Waals surface area contributed by atoms with Crippen molar-refractivity contribution in [3.8, 4) is 0 Å². The Bertz CT molecular complexity index is 294. The molecule has 70 valence electrons. The molecule has 1 aromatic rings. The van der Waals surface area contributed by atoms with Gasteiger partial charge in [-0.05, 0) is 0 Å². The lowest BCUT2D eigenvalue weighted by atomic mass is 10.4. The maximum Gasteiger partial charge on any atom is 0.290 e. The Balaban J connectivity index is 2.39. The standard InChI is InChI=1S/C7H9N3O3/c1-8-6(11)4-9-7(12)5-2-3-10-13-5/h2-3H,4H2,1H3,(H,8,11)(H,9,12). The van der Waals surface area contributed by atoms with Gasteiger partial charge in [0.25, 0.3) is 5.91 Å².